The molecule has 0 bridgehead atoms. The summed E-state index contributed by atoms with van der Waals surface area (Å²) in [7, 11) is 0. The molecule has 0 atom stereocenters. The lowest BCUT2D eigenvalue weighted by atomic mass is 9.65. The second-order valence-electron chi connectivity index (χ2n) is 33.0. The molecule has 1 fully saturated rings. The Morgan fingerprint density at radius 1 is 0.147 bits per heavy atom. The summed E-state index contributed by atoms with van der Waals surface area (Å²) < 4.78 is 0. The number of rotatable bonds is 20. The van der Waals surface area contributed by atoms with E-state index in [9.17, 15) is 0 Å². The van der Waals surface area contributed by atoms with Crippen LogP contribution >= 0.6 is 0 Å². The topological polar surface area (TPSA) is 155 Å². The second kappa shape index (κ2) is 36.8. The number of hydrogen-bond donors (Lipinski definition) is 0. The van der Waals surface area contributed by atoms with Crippen LogP contribution in [0, 0.1) is 0 Å². The van der Waals surface area contributed by atoms with Crippen LogP contribution in [-0.2, 0) is 10.8 Å². The van der Waals surface area contributed by atoms with Crippen LogP contribution in [0.4, 0.5) is 0 Å². The fourth-order valence-electron chi connectivity index (χ4n) is 17.2. The van der Waals surface area contributed by atoms with Crippen LogP contribution in [0.3, 0.4) is 0 Å². The molecule has 1 aliphatic carbocycles. The maximum absolute atomic E-state index is 5.09. The quantitative estimate of drug-likeness (QED) is 0.0713. The summed E-state index contributed by atoms with van der Waals surface area (Å²) in [5.74, 6) is 7.67. The summed E-state index contributed by atoms with van der Waals surface area (Å²) in [6.45, 7) is 4.50. The zero-order valence-corrected chi connectivity index (χ0v) is 71.5. The molecule has 0 saturated heterocycles. The third-order valence-electron chi connectivity index (χ3n) is 24.5. The van der Waals surface area contributed by atoms with E-state index in [0.717, 1.165) is 102 Å². The van der Waals surface area contributed by atoms with Crippen molar-refractivity contribution in [1.29, 1.82) is 0 Å². The van der Waals surface area contributed by atoms with Crippen LogP contribution in [0.15, 0.2) is 437 Å². The number of aromatic nitrogens is 12. The summed E-state index contributed by atoms with van der Waals surface area (Å²) in [5.41, 5.74) is 25.0. The van der Waals surface area contributed by atoms with Gasteiger partial charge in [-0.2, -0.15) is 0 Å². The molecule has 0 radical (unpaired) electrons. The first-order chi connectivity index (χ1) is 63.6. The van der Waals surface area contributed by atoms with E-state index in [2.05, 4.69) is 329 Å². The Hall–Kier alpha value is -16.4. The Labute approximate surface area is 751 Å². The third kappa shape index (κ3) is 17.9. The lowest BCUT2D eigenvalue weighted by Gasteiger charge is -2.39. The molecule has 20 aromatic rings. The highest BCUT2D eigenvalue weighted by Crippen LogP contribution is 2.47. The minimum Gasteiger partial charge on any atom is -0.208 e. The molecule has 1 aliphatic rings. The van der Waals surface area contributed by atoms with Gasteiger partial charge in [0.05, 0.1) is 0 Å². The molecule has 0 unspecified atom stereocenters. The molecule has 0 aliphatic heterocycles. The van der Waals surface area contributed by atoms with Crippen molar-refractivity contribution >= 4 is 0 Å². The van der Waals surface area contributed by atoms with Gasteiger partial charge in [-0.1, -0.05) is 470 Å². The van der Waals surface area contributed by atoms with Gasteiger partial charge >= 0.3 is 0 Å². The van der Waals surface area contributed by atoms with Crippen molar-refractivity contribution in [2.75, 3.05) is 0 Å². The molecule has 0 spiro atoms. The van der Waals surface area contributed by atoms with E-state index in [0.29, 0.717) is 69.9 Å². The van der Waals surface area contributed by atoms with E-state index in [1.54, 1.807) is 0 Å². The molecule has 129 heavy (non-hydrogen) atoms. The molecule has 0 N–H and O–H groups in total. The number of benzene rings is 16. The van der Waals surface area contributed by atoms with Crippen LogP contribution in [0.25, 0.3) is 181 Å². The van der Waals surface area contributed by atoms with Gasteiger partial charge in [0.1, 0.15) is 0 Å². The first kappa shape index (κ1) is 80.9. The van der Waals surface area contributed by atoms with E-state index in [1.807, 2.05) is 121 Å². The van der Waals surface area contributed by atoms with Crippen LogP contribution < -0.4 is 0 Å². The van der Waals surface area contributed by atoms with Gasteiger partial charge in [0, 0.05) is 77.6 Å². The van der Waals surface area contributed by atoms with Crippen LogP contribution in [0.1, 0.15) is 68.2 Å². The second-order valence-corrected chi connectivity index (χ2v) is 33.0. The molecular formula is C117H88N12. The van der Waals surface area contributed by atoms with Gasteiger partial charge in [0.25, 0.3) is 0 Å². The van der Waals surface area contributed by atoms with Crippen molar-refractivity contribution in [2.24, 2.45) is 0 Å². The minimum absolute atomic E-state index is 0.130. The van der Waals surface area contributed by atoms with Gasteiger partial charge in [-0.3, -0.25) is 0 Å². The first-order valence-corrected chi connectivity index (χ1v) is 43.9. The number of hydrogen-bond acceptors (Lipinski definition) is 12. The van der Waals surface area contributed by atoms with E-state index < -0.39 is 0 Å². The standard InChI is InChI=1S/C60H46N6.C57H42N6/c1-6-16-42(17-7-1)44-24-28-48(29-25-44)56-61-54(46-20-10-3-11-21-46)63-58(65-56)50-32-36-52(37-33-50)60(40-14-5-15-41-60)53-38-34-51(35-39-53)59-64-55(47-22-12-4-13-23-47)62-57(66-59)49-30-26-45(27-31-49)43-18-8-2-9-19-43;1-57(2,49-35-31-47(32-36-49)55-60-51(43-19-11-5-12-20-43)58-53(62-55)45-27-23-41(24-28-45)39-15-7-3-8-16-39)50-37-33-48(34-38-50)56-61-52(44-21-13-6-14-22-44)59-54(63-56)46-29-25-42(26-30-46)40-17-9-4-10-18-40/h1-4,6-13,16-39H,5,14-15,40-41H2;3-38H,1-2H3. The fraction of sp³-hybridized carbons (Fsp3) is 0.0769. The highest BCUT2D eigenvalue weighted by Gasteiger charge is 2.36. The predicted molar refractivity (Wildman–Crippen MR) is 522 cm³/mol. The van der Waals surface area contributed by atoms with Crippen molar-refractivity contribution < 1.29 is 0 Å². The van der Waals surface area contributed by atoms with E-state index >= 15 is 0 Å². The molecule has 12 heteroatoms. The predicted octanol–water partition coefficient (Wildman–Crippen LogP) is 28.4. The summed E-state index contributed by atoms with van der Waals surface area (Å²) in [4.78, 5) is 60.2. The van der Waals surface area contributed by atoms with Gasteiger partial charge in [-0.15, -0.1) is 0 Å². The summed E-state index contributed by atoms with van der Waals surface area (Å²) in [5, 5.41) is 0. The van der Waals surface area contributed by atoms with Crippen LogP contribution in [0.2, 0.25) is 0 Å². The highest BCUT2D eigenvalue weighted by atomic mass is 15.1. The summed E-state index contributed by atoms with van der Waals surface area (Å²) in [6.07, 6.45) is 5.73. The van der Waals surface area contributed by atoms with E-state index in [-0.39, 0.29) is 10.8 Å². The normalized spacial score (nSPS) is 12.3. The average molecular weight is 1660 g/mol. The van der Waals surface area contributed by atoms with Gasteiger partial charge in [0.2, 0.25) is 0 Å². The maximum Gasteiger partial charge on any atom is 0.164 e. The van der Waals surface area contributed by atoms with Gasteiger partial charge in [-0.25, -0.2) is 59.8 Å². The van der Waals surface area contributed by atoms with Crippen molar-refractivity contribution in [2.45, 2.75) is 56.8 Å². The SMILES string of the molecule is CC(C)(c1ccc(-c2nc(-c3ccccc3)nc(-c3ccc(-c4ccccc4)cc3)n2)cc1)c1ccc(-c2nc(-c3ccccc3)nc(-c3ccc(-c4ccccc4)cc3)n2)cc1.c1ccc(-c2ccc(-c3nc(-c4ccccc4)nc(-c4ccc(C5(c6ccc(-c7nc(-c8ccccc8)nc(-c8ccc(-c9ccccc9)cc8)n7)cc6)CCCCC5)cc4)n3)cc2)cc1. The lowest BCUT2D eigenvalue weighted by Crippen LogP contribution is -2.30. The molecule has 1 saturated carbocycles. The van der Waals surface area contributed by atoms with Gasteiger partial charge < -0.3 is 0 Å². The fourth-order valence-corrected chi connectivity index (χ4v) is 17.2. The Morgan fingerprint density at radius 3 is 0.457 bits per heavy atom. The Kier molecular flexibility index (Phi) is 23.1. The van der Waals surface area contributed by atoms with Crippen molar-refractivity contribution in [3.8, 4) is 181 Å². The smallest absolute Gasteiger partial charge is 0.164 e. The molecule has 616 valence electrons. The maximum atomic E-state index is 5.09. The van der Waals surface area contributed by atoms with Gasteiger partial charge in [-0.05, 0) is 79.6 Å². The molecule has 16 aromatic carbocycles. The van der Waals surface area contributed by atoms with Crippen molar-refractivity contribution in [3.63, 3.8) is 0 Å². The first-order valence-electron chi connectivity index (χ1n) is 43.9. The molecule has 12 nitrogen and oxygen atoms in total. The molecule has 4 heterocycles. The Morgan fingerprint density at radius 2 is 0.279 bits per heavy atom. The largest absolute Gasteiger partial charge is 0.208 e. The van der Waals surface area contributed by atoms with E-state index in [4.69, 9.17) is 59.8 Å². The van der Waals surface area contributed by atoms with E-state index in [1.165, 1.54) is 63.8 Å². The van der Waals surface area contributed by atoms with Crippen LogP contribution in [0.5, 0.6) is 0 Å². The molecular weight excluding hydrogens is 1570 g/mol. The Bertz CT molecular complexity index is 6770. The zero-order valence-electron chi connectivity index (χ0n) is 71.5. The summed E-state index contributed by atoms with van der Waals surface area (Å²) in [6, 6.07) is 151. The Balaban J connectivity index is 0.000000162. The number of nitrogens with zero attached hydrogens (tertiary/aromatic N) is 12. The molecule has 0 amide bonds. The van der Waals surface area contributed by atoms with Crippen molar-refractivity contribution in [1.82, 2.24) is 59.8 Å². The van der Waals surface area contributed by atoms with Crippen LogP contribution in [-0.4, -0.2) is 59.8 Å². The highest BCUT2D eigenvalue weighted by molar-refractivity contribution is 5.77. The molecule has 21 rings (SSSR count). The summed E-state index contributed by atoms with van der Waals surface area (Å²) >= 11 is 0. The monoisotopic (exact) mass is 1660 g/mol. The minimum atomic E-state index is -0.309. The molecule has 4 aromatic heterocycles. The van der Waals surface area contributed by atoms with Gasteiger partial charge in [0.15, 0.2) is 69.9 Å². The average Bonchev–Trinajstić information content (AvgIpc) is 0.758. The lowest BCUT2D eigenvalue weighted by molar-refractivity contribution is 0.346. The van der Waals surface area contributed by atoms with Crippen molar-refractivity contribution in [3.05, 3.63) is 459 Å². The third-order valence-corrected chi connectivity index (χ3v) is 24.5. The zero-order chi connectivity index (χ0) is 86.7.